The van der Waals surface area contributed by atoms with Crippen molar-refractivity contribution in [2.45, 2.75) is 31.7 Å². The third-order valence-electron chi connectivity index (χ3n) is 4.35. The van der Waals surface area contributed by atoms with E-state index in [0.29, 0.717) is 5.92 Å². The summed E-state index contributed by atoms with van der Waals surface area (Å²) >= 11 is 1.62. The van der Waals surface area contributed by atoms with Gasteiger partial charge < -0.3 is 5.32 Å². The van der Waals surface area contributed by atoms with E-state index in [1.807, 2.05) is 17.5 Å². The summed E-state index contributed by atoms with van der Waals surface area (Å²) in [6.45, 7) is 0. The lowest BCUT2D eigenvalue weighted by molar-refractivity contribution is -0.385. The van der Waals surface area contributed by atoms with Crippen molar-refractivity contribution >= 4 is 22.9 Å². The minimum absolute atomic E-state index is 0.0650. The quantitative estimate of drug-likeness (QED) is 0.655. The van der Waals surface area contributed by atoms with Crippen molar-refractivity contribution in [1.29, 1.82) is 0 Å². The molecule has 5 nitrogen and oxygen atoms in total. The van der Waals surface area contributed by atoms with Crippen molar-refractivity contribution in [3.05, 3.63) is 62.3 Å². The standard InChI is InChI=1S/C17H18N2O3S/c20-17(13-8-3-4-9-14(13)19(21)22)18-16(12-6-1-2-7-12)15-10-5-11-23-15/h3-5,8-12,16H,1-2,6-7H2,(H,18,20). The van der Waals surface area contributed by atoms with Gasteiger partial charge in [0.15, 0.2) is 0 Å². The van der Waals surface area contributed by atoms with E-state index in [4.69, 9.17) is 0 Å². The Morgan fingerprint density at radius 3 is 2.61 bits per heavy atom. The first kappa shape index (κ1) is 15.7. The maximum absolute atomic E-state index is 12.6. The minimum Gasteiger partial charge on any atom is -0.344 e. The molecule has 23 heavy (non-hydrogen) atoms. The molecular formula is C17H18N2O3S. The van der Waals surface area contributed by atoms with Gasteiger partial charge in [0.05, 0.1) is 11.0 Å². The molecule has 1 aromatic carbocycles. The highest BCUT2D eigenvalue weighted by molar-refractivity contribution is 7.10. The second kappa shape index (κ2) is 6.91. The molecule has 2 aromatic rings. The van der Waals surface area contributed by atoms with Crippen LogP contribution in [0.25, 0.3) is 0 Å². The van der Waals surface area contributed by atoms with Gasteiger partial charge in [0.2, 0.25) is 0 Å². The lowest BCUT2D eigenvalue weighted by Crippen LogP contribution is -2.32. The molecule has 1 atom stereocenters. The zero-order valence-corrected chi connectivity index (χ0v) is 13.4. The van der Waals surface area contributed by atoms with Crippen LogP contribution in [-0.2, 0) is 0 Å². The molecule has 1 unspecified atom stereocenters. The van der Waals surface area contributed by atoms with Crippen LogP contribution < -0.4 is 5.32 Å². The highest BCUT2D eigenvalue weighted by atomic mass is 32.1. The number of hydrogen-bond acceptors (Lipinski definition) is 4. The van der Waals surface area contributed by atoms with Gasteiger partial charge >= 0.3 is 0 Å². The Bertz CT molecular complexity index is 694. The number of nitrogens with zero attached hydrogens (tertiary/aromatic N) is 1. The van der Waals surface area contributed by atoms with Crippen LogP contribution in [0.4, 0.5) is 5.69 Å². The molecule has 1 aliphatic rings. The van der Waals surface area contributed by atoms with Crippen molar-refractivity contribution < 1.29 is 9.72 Å². The summed E-state index contributed by atoms with van der Waals surface area (Å²) in [4.78, 5) is 24.4. The van der Waals surface area contributed by atoms with E-state index in [0.717, 1.165) is 17.7 Å². The molecule has 1 heterocycles. The number of rotatable bonds is 5. The minimum atomic E-state index is -0.509. The third kappa shape index (κ3) is 3.42. The van der Waals surface area contributed by atoms with Gasteiger partial charge in [-0.1, -0.05) is 31.0 Å². The largest absolute Gasteiger partial charge is 0.344 e. The SMILES string of the molecule is O=C(NC(c1cccs1)C1CCCC1)c1ccccc1[N+](=O)[O-]. The Labute approximate surface area is 138 Å². The predicted octanol–water partition coefficient (Wildman–Crippen LogP) is 4.32. The number of nitro benzene ring substituents is 1. The third-order valence-corrected chi connectivity index (χ3v) is 5.31. The van der Waals surface area contributed by atoms with E-state index < -0.39 is 4.92 Å². The van der Waals surface area contributed by atoms with Gasteiger partial charge in [-0.3, -0.25) is 14.9 Å². The summed E-state index contributed by atoms with van der Waals surface area (Å²) in [6.07, 6.45) is 4.52. The molecule has 0 spiro atoms. The second-order valence-electron chi connectivity index (χ2n) is 5.79. The first-order valence-corrected chi connectivity index (χ1v) is 8.62. The van der Waals surface area contributed by atoms with Gasteiger partial charge in [0.1, 0.15) is 5.56 Å². The molecule has 1 amide bonds. The Kier molecular flexibility index (Phi) is 4.71. The monoisotopic (exact) mass is 330 g/mol. The topological polar surface area (TPSA) is 72.2 Å². The molecule has 120 valence electrons. The van der Waals surface area contributed by atoms with Gasteiger partial charge in [0, 0.05) is 10.9 Å². The smallest absolute Gasteiger partial charge is 0.282 e. The van der Waals surface area contributed by atoms with Gasteiger partial charge in [-0.15, -0.1) is 11.3 Å². The molecule has 6 heteroatoms. The summed E-state index contributed by atoms with van der Waals surface area (Å²) in [7, 11) is 0. The highest BCUT2D eigenvalue weighted by Crippen LogP contribution is 2.37. The fraction of sp³-hybridized carbons (Fsp3) is 0.353. The Balaban J connectivity index is 1.85. The summed E-state index contributed by atoms with van der Waals surface area (Å²) in [5.74, 6) is 0.0305. The van der Waals surface area contributed by atoms with Crippen LogP contribution >= 0.6 is 11.3 Å². The highest BCUT2D eigenvalue weighted by Gasteiger charge is 2.30. The summed E-state index contributed by atoms with van der Waals surface area (Å²) < 4.78 is 0. The van der Waals surface area contributed by atoms with E-state index in [-0.39, 0.29) is 23.2 Å². The van der Waals surface area contributed by atoms with Crippen LogP contribution in [0, 0.1) is 16.0 Å². The number of thiophene rings is 1. The normalized spacial score (nSPS) is 16.2. The van der Waals surface area contributed by atoms with E-state index in [9.17, 15) is 14.9 Å². The summed E-state index contributed by atoms with van der Waals surface area (Å²) in [5, 5.41) is 16.2. The summed E-state index contributed by atoms with van der Waals surface area (Å²) in [6, 6.07) is 10.0. The van der Waals surface area contributed by atoms with E-state index >= 15 is 0 Å². The number of amides is 1. The Morgan fingerprint density at radius 2 is 1.96 bits per heavy atom. The molecular weight excluding hydrogens is 312 g/mol. The molecule has 1 aromatic heterocycles. The number of carbonyl (C=O) groups excluding carboxylic acids is 1. The van der Waals surface area contributed by atoms with Crippen molar-refractivity contribution in [2.24, 2.45) is 5.92 Å². The number of para-hydroxylation sites is 1. The maximum Gasteiger partial charge on any atom is 0.282 e. The fourth-order valence-corrected chi connectivity index (χ4v) is 4.09. The number of nitrogens with one attached hydrogen (secondary N) is 1. The predicted molar refractivity (Wildman–Crippen MR) is 89.6 cm³/mol. The second-order valence-corrected chi connectivity index (χ2v) is 6.76. The van der Waals surface area contributed by atoms with Crippen LogP contribution in [0.2, 0.25) is 0 Å². The average Bonchev–Trinajstić information content (AvgIpc) is 3.26. The van der Waals surface area contributed by atoms with E-state index in [1.54, 1.807) is 23.5 Å². The van der Waals surface area contributed by atoms with Gasteiger partial charge in [-0.25, -0.2) is 0 Å². The number of benzene rings is 1. The van der Waals surface area contributed by atoms with Crippen LogP contribution in [0.5, 0.6) is 0 Å². The number of hydrogen-bond donors (Lipinski definition) is 1. The summed E-state index contributed by atoms with van der Waals surface area (Å²) in [5.41, 5.74) is -0.0293. The van der Waals surface area contributed by atoms with Crippen molar-refractivity contribution in [3.8, 4) is 0 Å². The molecule has 1 N–H and O–H groups in total. The van der Waals surface area contributed by atoms with Gasteiger partial charge in [-0.2, -0.15) is 0 Å². The molecule has 3 rings (SSSR count). The zero-order chi connectivity index (χ0) is 16.2. The van der Waals surface area contributed by atoms with E-state index in [1.165, 1.54) is 25.0 Å². The first-order valence-electron chi connectivity index (χ1n) is 7.74. The lowest BCUT2D eigenvalue weighted by Gasteiger charge is -2.23. The van der Waals surface area contributed by atoms with Crippen LogP contribution in [0.1, 0.15) is 47.0 Å². The fourth-order valence-electron chi connectivity index (χ4n) is 3.22. The maximum atomic E-state index is 12.6. The number of carbonyl (C=O) groups is 1. The first-order chi connectivity index (χ1) is 11.2. The van der Waals surface area contributed by atoms with Crippen molar-refractivity contribution in [1.82, 2.24) is 5.32 Å². The van der Waals surface area contributed by atoms with Crippen molar-refractivity contribution in [3.63, 3.8) is 0 Å². The molecule has 1 fully saturated rings. The number of nitro groups is 1. The molecule has 1 saturated carbocycles. The van der Waals surface area contributed by atoms with Crippen molar-refractivity contribution in [2.75, 3.05) is 0 Å². The molecule has 0 saturated heterocycles. The van der Waals surface area contributed by atoms with Gasteiger partial charge in [0.25, 0.3) is 11.6 Å². The lowest BCUT2D eigenvalue weighted by atomic mass is 9.96. The van der Waals surface area contributed by atoms with Crippen LogP contribution in [0.15, 0.2) is 41.8 Å². The van der Waals surface area contributed by atoms with Gasteiger partial charge in [-0.05, 0) is 36.3 Å². The molecule has 1 aliphatic carbocycles. The van der Waals surface area contributed by atoms with Crippen LogP contribution in [-0.4, -0.2) is 10.8 Å². The average molecular weight is 330 g/mol. The zero-order valence-electron chi connectivity index (χ0n) is 12.6. The molecule has 0 radical (unpaired) electrons. The Morgan fingerprint density at radius 1 is 1.22 bits per heavy atom. The molecule has 0 aliphatic heterocycles. The van der Waals surface area contributed by atoms with E-state index in [2.05, 4.69) is 5.32 Å². The molecule has 0 bridgehead atoms. The van der Waals surface area contributed by atoms with Crippen LogP contribution in [0.3, 0.4) is 0 Å². The Hall–Kier alpha value is -2.21.